The van der Waals surface area contributed by atoms with E-state index in [9.17, 15) is 18.3 Å². The van der Waals surface area contributed by atoms with Crippen LogP contribution in [0.25, 0.3) is 0 Å². The van der Waals surface area contributed by atoms with Crippen LogP contribution in [-0.2, 0) is 24.3 Å². The molecule has 0 amide bonds. The van der Waals surface area contributed by atoms with Crippen LogP contribution < -0.4 is 4.72 Å². The Bertz CT molecular complexity index is 710. The number of carbonyl (C=O) groups is 1. The van der Waals surface area contributed by atoms with Crippen LogP contribution in [0, 0.1) is 5.41 Å². The van der Waals surface area contributed by atoms with Gasteiger partial charge in [-0.05, 0) is 38.0 Å². The van der Waals surface area contributed by atoms with E-state index < -0.39 is 33.6 Å². The molecule has 132 valence electrons. The minimum atomic E-state index is -3.84. The normalized spacial score (nSPS) is 35.4. The molecule has 1 heterocycles. The van der Waals surface area contributed by atoms with E-state index in [-0.39, 0.29) is 11.0 Å². The highest BCUT2D eigenvalue weighted by atomic mass is 32.2. The first-order valence-electron chi connectivity index (χ1n) is 7.95. The van der Waals surface area contributed by atoms with Crippen molar-refractivity contribution in [2.45, 2.75) is 50.9 Å². The fourth-order valence-corrected chi connectivity index (χ4v) is 4.77. The van der Waals surface area contributed by atoms with Crippen molar-refractivity contribution in [1.29, 1.82) is 0 Å². The number of carboxylic acid groups (broad SMARTS) is 1. The minimum absolute atomic E-state index is 0.0703. The van der Waals surface area contributed by atoms with Crippen molar-refractivity contribution >= 4 is 16.0 Å². The van der Waals surface area contributed by atoms with E-state index in [1.165, 1.54) is 24.7 Å². The van der Waals surface area contributed by atoms with Gasteiger partial charge < -0.3 is 14.6 Å². The van der Waals surface area contributed by atoms with Crippen molar-refractivity contribution in [2.24, 2.45) is 5.41 Å². The number of sulfonamides is 1. The van der Waals surface area contributed by atoms with E-state index in [0.717, 1.165) is 12.8 Å². The molecule has 0 bridgehead atoms. The van der Waals surface area contributed by atoms with E-state index >= 15 is 0 Å². The maximum Gasteiger partial charge on any atom is 0.310 e. The summed E-state index contributed by atoms with van der Waals surface area (Å²) in [5.41, 5.74) is -1.10. The van der Waals surface area contributed by atoms with Crippen LogP contribution >= 0.6 is 0 Å². The first-order valence-corrected chi connectivity index (χ1v) is 9.43. The topological polar surface area (TPSA) is 102 Å². The summed E-state index contributed by atoms with van der Waals surface area (Å²) in [4.78, 5) is 11.7. The predicted octanol–water partition coefficient (Wildman–Crippen LogP) is 1.65. The number of carboxylic acids is 1. The van der Waals surface area contributed by atoms with Crippen LogP contribution in [0.4, 0.5) is 0 Å². The maximum absolute atomic E-state index is 12.7. The fourth-order valence-electron chi connectivity index (χ4n) is 3.31. The lowest BCUT2D eigenvalue weighted by Gasteiger charge is -2.38. The molecule has 0 saturated heterocycles. The lowest BCUT2D eigenvalue weighted by atomic mass is 9.72. The van der Waals surface area contributed by atoms with Crippen LogP contribution in [0.1, 0.15) is 32.6 Å². The van der Waals surface area contributed by atoms with Gasteiger partial charge in [0.15, 0.2) is 12.2 Å². The zero-order valence-corrected chi connectivity index (χ0v) is 14.2. The third-order valence-electron chi connectivity index (χ3n) is 4.93. The third kappa shape index (κ3) is 3.08. The molecule has 3 aliphatic rings. The number of ether oxygens (including phenoxy) is 2. The first kappa shape index (κ1) is 17.0. The molecule has 7 nitrogen and oxygen atoms in total. The minimum Gasteiger partial charge on any atom is -0.487 e. The predicted molar refractivity (Wildman–Crippen MR) is 86.2 cm³/mol. The summed E-state index contributed by atoms with van der Waals surface area (Å²) in [6, 6.07) is -0.635. The van der Waals surface area contributed by atoms with E-state index in [4.69, 9.17) is 9.47 Å². The molecule has 8 heteroatoms. The van der Waals surface area contributed by atoms with Crippen molar-refractivity contribution in [3.05, 3.63) is 35.7 Å². The highest BCUT2D eigenvalue weighted by Gasteiger charge is 2.45. The summed E-state index contributed by atoms with van der Waals surface area (Å²) in [6.07, 6.45) is 9.04. The van der Waals surface area contributed by atoms with Crippen molar-refractivity contribution in [1.82, 2.24) is 4.72 Å². The SMILES string of the molecule is CC1(C(=O)O)CCCCC1NS(=O)(=O)C1=CC2OC=COC2C=C1. The lowest BCUT2D eigenvalue weighted by molar-refractivity contribution is -0.151. The van der Waals surface area contributed by atoms with Crippen LogP contribution in [0.15, 0.2) is 35.7 Å². The first-order chi connectivity index (χ1) is 11.3. The van der Waals surface area contributed by atoms with Gasteiger partial charge in [0.1, 0.15) is 12.5 Å². The molecule has 2 aliphatic carbocycles. The lowest BCUT2D eigenvalue weighted by Crippen LogP contribution is -2.52. The average Bonchev–Trinajstić information content (AvgIpc) is 2.56. The Morgan fingerprint density at radius 1 is 1.29 bits per heavy atom. The molecular weight excluding hydrogens is 334 g/mol. The summed E-state index contributed by atoms with van der Waals surface area (Å²) in [6.45, 7) is 1.60. The Morgan fingerprint density at radius 3 is 2.71 bits per heavy atom. The molecule has 0 radical (unpaired) electrons. The number of rotatable bonds is 4. The number of fused-ring (bicyclic) bond motifs is 1. The Kier molecular flexibility index (Phi) is 4.44. The molecule has 0 aromatic heterocycles. The Morgan fingerprint density at radius 2 is 2.00 bits per heavy atom. The summed E-state index contributed by atoms with van der Waals surface area (Å²) < 4.78 is 38.7. The monoisotopic (exact) mass is 355 g/mol. The smallest absolute Gasteiger partial charge is 0.310 e. The quantitative estimate of drug-likeness (QED) is 0.795. The molecule has 4 unspecified atom stereocenters. The summed E-state index contributed by atoms with van der Waals surface area (Å²) in [5.74, 6) is -0.975. The molecule has 0 spiro atoms. The highest BCUT2D eigenvalue weighted by Crippen LogP contribution is 2.37. The van der Waals surface area contributed by atoms with Crippen molar-refractivity contribution in [2.75, 3.05) is 0 Å². The van der Waals surface area contributed by atoms with Crippen LogP contribution in [0.3, 0.4) is 0 Å². The van der Waals surface area contributed by atoms with Crippen molar-refractivity contribution in [3.63, 3.8) is 0 Å². The second kappa shape index (κ2) is 6.25. The molecule has 3 rings (SSSR count). The molecule has 1 aliphatic heterocycles. The molecule has 2 N–H and O–H groups in total. The van der Waals surface area contributed by atoms with Gasteiger partial charge in [0, 0.05) is 6.04 Å². The molecule has 0 aromatic rings. The van der Waals surface area contributed by atoms with Gasteiger partial charge in [0.05, 0.1) is 10.3 Å². The maximum atomic E-state index is 12.7. The van der Waals surface area contributed by atoms with Gasteiger partial charge in [0.25, 0.3) is 0 Å². The van der Waals surface area contributed by atoms with Crippen molar-refractivity contribution in [3.8, 4) is 0 Å². The molecule has 4 atom stereocenters. The molecule has 0 aromatic carbocycles. The van der Waals surface area contributed by atoms with Gasteiger partial charge in [-0.2, -0.15) is 0 Å². The number of hydrogen-bond acceptors (Lipinski definition) is 5. The number of hydrogen-bond donors (Lipinski definition) is 2. The third-order valence-corrected chi connectivity index (χ3v) is 6.42. The zero-order chi connectivity index (χ0) is 17.4. The van der Waals surface area contributed by atoms with Gasteiger partial charge in [-0.15, -0.1) is 0 Å². The second-order valence-corrected chi connectivity index (χ2v) is 8.26. The van der Waals surface area contributed by atoms with E-state index in [0.29, 0.717) is 12.8 Å². The van der Waals surface area contributed by atoms with E-state index in [2.05, 4.69) is 4.72 Å². The Hall–Kier alpha value is -1.80. The van der Waals surface area contributed by atoms with E-state index in [1.54, 1.807) is 13.0 Å². The molecular formula is C16H21NO6S. The van der Waals surface area contributed by atoms with Gasteiger partial charge in [-0.25, -0.2) is 13.1 Å². The van der Waals surface area contributed by atoms with Gasteiger partial charge >= 0.3 is 5.97 Å². The number of allylic oxidation sites excluding steroid dienone is 1. The Balaban J connectivity index is 1.81. The largest absolute Gasteiger partial charge is 0.487 e. The average molecular weight is 355 g/mol. The van der Waals surface area contributed by atoms with E-state index in [1.807, 2.05) is 0 Å². The zero-order valence-electron chi connectivity index (χ0n) is 13.3. The standard InChI is InChI=1S/C16H21NO6S/c1-16(15(18)19)7-3-2-4-14(16)17-24(20,21)11-5-6-12-13(10-11)23-9-8-22-12/h5-6,8-10,12-14,17H,2-4,7H2,1H3,(H,18,19). The highest BCUT2D eigenvalue weighted by molar-refractivity contribution is 7.93. The van der Waals surface area contributed by atoms with Gasteiger partial charge in [-0.3, -0.25) is 4.79 Å². The van der Waals surface area contributed by atoms with Crippen LogP contribution in [-0.4, -0.2) is 37.7 Å². The van der Waals surface area contributed by atoms with Gasteiger partial charge in [-0.1, -0.05) is 12.8 Å². The summed E-state index contributed by atoms with van der Waals surface area (Å²) >= 11 is 0. The Labute approximate surface area is 141 Å². The molecule has 24 heavy (non-hydrogen) atoms. The van der Waals surface area contributed by atoms with Crippen LogP contribution in [0.2, 0.25) is 0 Å². The summed E-state index contributed by atoms with van der Waals surface area (Å²) in [5, 5.41) is 9.52. The van der Waals surface area contributed by atoms with Crippen LogP contribution in [0.5, 0.6) is 0 Å². The van der Waals surface area contributed by atoms with Gasteiger partial charge in [0.2, 0.25) is 10.0 Å². The number of nitrogens with one attached hydrogen (secondary N) is 1. The second-order valence-electron chi connectivity index (χ2n) is 6.54. The summed E-state index contributed by atoms with van der Waals surface area (Å²) in [7, 11) is -3.84. The number of aliphatic carboxylic acids is 1. The fraction of sp³-hybridized carbons (Fsp3) is 0.562. The molecule has 1 saturated carbocycles. The molecule has 1 fully saturated rings. The van der Waals surface area contributed by atoms with Crippen molar-refractivity contribution < 1.29 is 27.8 Å².